The highest BCUT2D eigenvalue weighted by atomic mass is 16.5. The maximum Gasteiger partial charge on any atom is 0.0808 e. The second-order valence-corrected chi connectivity index (χ2v) is 8.66. The van der Waals surface area contributed by atoms with Gasteiger partial charge in [0.15, 0.2) is 0 Å². The summed E-state index contributed by atoms with van der Waals surface area (Å²) in [5, 5.41) is 0. The summed E-state index contributed by atoms with van der Waals surface area (Å²) in [6.45, 7) is 9.41. The highest BCUT2D eigenvalue weighted by Gasteiger charge is 2.09. The summed E-state index contributed by atoms with van der Waals surface area (Å²) in [5.74, 6) is 0. The van der Waals surface area contributed by atoms with Crippen molar-refractivity contribution in [1.82, 2.24) is 0 Å². The van der Waals surface area contributed by atoms with Gasteiger partial charge in [0, 0.05) is 13.2 Å². The Balaban J connectivity index is 3.64. The third-order valence-corrected chi connectivity index (χ3v) is 5.68. The molecule has 0 saturated heterocycles. The molecule has 0 radical (unpaired) electrons. The fourth-order valence-electron chi connectivity index (χ4n) is 3.67. The van der Waals surface area contributed by atoms with Crippen LogP contribution < -0.4 is 0 Å². The molecular weight excluding hydrogens is 344 g/mol. The summed E-state index contributed by atoms with van der Waals surface area (Å²) in [6, 6.07) is 0. The van der Waals surface area contributed by atoms with E-state index in [1.807, 2.05) is 0 Å². The number of hydrogen-bond donors (Lipinski definition) is 0. The van der Waals surface area contributed by atoms with Crippen molar-refractivity contribution in [1.29, 1.82) is 0 Å². The summed E-state index contributed by atoms with van der Waals surface area (Å²) in [5.41, 5.74) is 0. The maximum atomic E-state index is 6.20. The van der Waals surface area contributed by atoms with Gasteiger partial charge in [-0.15, -0.1) is 0 Å². The first-order valence-corrected chi connectivity index (χ1v) is 13.0. The molecule has 2 nitrogen and oxygen atoms in total. The van der Waals surface area contributed by atoms with Crippen LogP contribution in [0.1, 0.15) is 143 Å². The van der Waals surface area contributed by atoms with Crippen LogP contribution in [-0.4, -0.2) is 25.9 Å². The first-order chi connectivity index (χ1) is 13.8. The van der Waals surface area contributed by atoms with Crippen molar-refractivity contribution >= 4 is 0 Å². The molecule has 1 atom stereocenters. The second kappa shape index (κ2) is 25.0. The highest BCUT2D eigenvalue weighted by molar-refractivity contribution is 4.59. The third-order valence-electron chi connectivity index (χ3n) is 5.68. The van der Waals surface area contributed by atoms with Gasteiger partial charge in [-0.3, -0.25) is 0 Å². The lowest BCUT2D eigenvalue weighted by atomic mass is 10.1. The van der Waals surface area contributed by atoms with Crippen LogP contribution in [0, 0.1) is 0 Å². The molecule has 0 N–H and O–H groups in total. The molecule has 0 bridgehead atoms. The van der Waals surface area contributed by atoms with Gasteiger partial charge in [0.1, 0.15) is 0 Å². The minimum absolute atomic E-state index is 0.321. The number of unbranched alkanes of at least 4 members (excludes halogenated alkanes) is 15. The largest absolute Gasteiger partial charge is 0.379 e. The van der Waals surface area contributed by atoms with Crippen LogP contribution in [0.25, 0.3) is 0 Å². The van der Waals surface area contributed by atoms with Crippen molar-refractivity contribution in [2.45, 2.75) is 149 Å². The van der Waals surface area contributed by atoms with Crippen LogP contribution in [0.3, 0.4) is 0 Å². The summed E-state index contributed by atoms with van der Waals surface area (Å²) in [4.78, 5) is 0. The van der Waals surface area contributed by atoms with E-state index in [1.165, 1.54) is 122 Å². The van der Waals surface area contributed by atoms with E-state index in [4.69, 9.17) is 9.47 Å². The predicted octanol–water partition coefficient (Wildman–Crippen LogP) is 8.86. The van der Waals surface area contributed by atoms with E-state index in [2.05, 4.69) is 20.8 Å². The molecule has 0 aromatic carbocycles. The fourth-order valence-corrected chi connectivity index (χ4v) is 3.67. The molecule has 0 saturated carbocycles. The van der Waals surface area contributed by atoms with Gasteiger partial charge >= 0.3 is 0 Å². The Hall–Kier alpha value is -0.0800. The van der Waals surface area contributed by atoms with Gasteiger partial charge in [0.2, 0.25) is 0 Å². The molecule has 0 fully saturated rings. The Morgan fingerprint density at radius 3 is 1.46 bits per heavy atom. The Bertz CT molecular complexity index is 267. The van der Waals surface area contributed by atoms with Crippen molar-refractivity contribution in [2.75, 3.05) is 19.8 Å². The van der Waals surface area contributed by atoms with Crippen LogP contribution in [0.4, 0.5) is 0 Å². The van der Waals surface area contributed by atoms with E-state index in [0.717, 1.165) is 19.8 Å². The van der Waals surface area contributed by atoms with E-state index in [1.54, 1.807) is 0 Å². The van der Waals surface area contributed by atoms with Crippen molar-refractivity contribution in [3.63, 3.8) is 0 Å². The molecule has 2 heteroatoms. The zero-order valence-corrected chi connectivity index (χ0v) is 20.0. The first-order valence-electron chi connectivity index (χ1n) is 13.0. The standard InChI is InChI=1S/C26H54O2/c1-4-7-10-12-14-15-16-17-19-21-24-28-26(25-27-23-9-6-3)22-20-18-13-11-8-5-2/h26H,4-25H2,1-3H3. The van der Waals surface area contributed by atoms with Gasteiger partial charge in [0.05, 0.1) is 12.7 Å². The van der Waals surface area contributed by atoms with Crippen molar-refractivity contribution in [3.05, 3.63) is 0 Å². The van der Waals surface area contributed by atoms with Gasteiger partial charge in [-0.2, -0.15) is 0 Å². The fraction of sp³-hybridized carbons (Fsp3) is 1.00. The molecule has 0 aliphatic rings. The topological polar surface area (TPSA) is 18.5 Å². The smallest absolute Gasteiger partial charge is 0.0808 e. The SMILES string of the molecule is CCCCCCCCCCCCOC(CCCCCCCC)COCCCC. The molecule has 28 heavy (non-hydrogen) atoms. The average Bonchev–Trinajstić information content (AvgIpc) is 2.71. The predicted molar refractivity (Wildman–Crippen MR) is 125 cm³/mol. The quantitative estimate of drug-likeness (QED) is 0.151. The second-order valence-electron chi connectivity index (χ2n) is 8.66. The molecular formula is C26H54O2. The van der Waals surface area contributed by atoms with Gasteiger partial charge < -0.3 is 9.47 Å². The van der Waals surface area contributed by atoms with Gasteiger partial charge in [-0.05, 0) is 19.3 Å². The Labute approximate surface area is 178 Å². The van der Waals surface area contributed by atoms with Crippen molar-refractivity contribution in [2.24, 2.45) is 0 Å². The van der Waals surface area contributed by atoms with Crippen molar-refractivity contribution in [3.8, 4) is 0 Å². The molecule has 0 aromatic rings. The van der Waals surface area contributed by atoms with Gasteiger partial charge in [0.25, 0.3) is 0 Å². The van der Waals surface area contributed by atoms with Gasteiger partial charge in [-0.25, -0.2) is 0 Å². The number of hydrogen-bond acceptors (Lipinski definition) is 2. The van der Waals surface area contributed by atoms with E-state index >= 15 is 0 Å². The highest BCUT2D eigenvalue weighted by Crippen LogP contribution is 2.13. The van der Waals surface area contributed by atoms with E-state index in [-0.39, 0.29) is 0 Å². The molecule has 0 rings (SSSR count). The third kappa shape index (κ3) is 22.2. The van der Waals surface area contributed by atoms with Crippen LogP contribution in [0.15, 0.2) is 0 Å². The maximum absolute atomic E-state index is 6.20. The zero-order chi connectivity index (χ0) is 20.5. The number of rotatable bonds is 24. The van der Waals surface area contributed by atoms with Gasteiger partial charge in [-0.1, -0.05) is 124 Å². The lowest BCUT2D eigenvalue weighted by molar-refractivity contribution is -0.0232. The molecule has 0 aliphatic carbocycles. The Kier molecular flexibility index (Phi) is 24.9. The summed E-state index contributed by atoms with van der Waals surface area (Å²) in [7, 11) is 0. The van der Waals surface area contributed by atoms with Crippen molar-refractivity contribution < 1.29 is 9.47 Å². The first kappa shape index (κ1) is 27.9. The Morgan fingerprint density at radius 2 is 0.929 bits per heavy atom. The molecule has 170 valence electrons. The molecule has 0 aliphatic heterocycles. The molecule has 0 heterocycles. The zero-order valence-electron chi connectivity index (χ0n) is 20.0. The lowest BCUT2D eigenvalue weighted by Gasteiger charge is -2.18. The van der Waals surface area contributed by atoms with E-state index in [9.17, 15) is 0 Å². The minimum Gasteiger partial charge on any atom is -0.379 e. The minimum atomic E-state index is 0.321. The number of ether oxygens (including phenoxy) is 2. The molecule has 0 spiro atoms. The summed E-state index contributed by atoms with van der Waals surface area (Å²) >= 11 is 0. The normalized spacial score (nSPS) is 12.5. The monoisotopic (exact) mass is 398 g/mol. The Morgan fingerprint density at radius 1 is 0.464 bits per heavy atom. The molecule has 0 aromatic heterocycles. The molecule has 1 unspecified atom stereocenters. The van der Waals surface area contributed by atoms with E-state index in [0.29, 0.717) is 6.10 Å². The summed E-state index contributed by atoms with van der Waals surface area (Å²) < 4.78 is 12.1. The van der Waals surface area contributed by atoms with Crippen LogP contribution in [-0.2, 0) is 9.47 Å². The summed E-state index contributed by atoms with van der Waals surface area (Å²) in [6.07, 6.45) is 25.9. The molecule has 0 amide bonds. The average molecular weight is 399 g/mol. The van der Waals surface area contributed by atoms with Crippen LogP contribution in [0.5, 0.6) is 0 Å². The van der Waals surface area contributed by atoms with E-state index < -0.39 is 0 Å². The lowest BCUT2D eigenvalue weighted by Crippen LogP contribution is -2.21. The van der Waals surface area contributed by atoms with Crippen LogP contribution >= 0.6 is 0 Å². The van der Waals surface area contributed by atoms with Crippen LogP contribution in [0.2, 0.25) is 0 Å².